The van der Waals surface area contributed by atoms with E-state index in [0.717, 1.165) is 24.1 Å². The Hall–Kier alpha value is -1.58. The molecular formula is C17H19ClFNO. The molecule has 112 valence electrons. The van der Waals surface area contributed by atoms with E-state index in [1.165, 1.54) is 12.1 Å². The van der Waals surface area contributed by atoms with Crippen molar-refractivity contribution in [2.24, 2.45) is 0 Å². The minimum Gasteiger partial charge on any atom is -0.457 e. The highest BCUT2D eigenvalue weighted by molar-refractivity contribution is 6.30. The normalized spacial score (nSPS) is 10.7. The number of aryl methyl sites for hydroxylation is 1. The molecule has 0 unspecified atom stereocenters. The summed E-state index contributed by atoms with van der Waals surface area (Å²) in [6, 6.07) is 10.1. The van der Waals surface area contributed by atoms with Gasteiger partial charge in [0.2, 0.25) is 0 Å². The van der Waals surface area contributed by atoms with E-state index < -0.39 is 0 Å². The molecule has 0 radical (unpaired) electrons. The summed E-state index contributed by atoms with van der Waals surface area (Å²) >= 11 is 5.97. The van der Waals surface area contributed by atoms with Gasteiger partial charge >= 0.3 is 0 Å². The summed E-state index contributed by atoms with van der Waals surface area (Å²) in [6.07, 6.45) is 1.04. The highest BCUT2D eigenvalue weighted by atomic mass is 35.5. The molecule has 0 fully saturated rings. The van der Waals surface area contributed by atoms with Gasteiger partial charge in [0.05, 0.1) is 0 Å². The van der Waals surface area contributed by atoms with Crippen molar-refractivity contribution >= 4 is 11.6 Å². The van der Waals surface area contributed by atoms with Crippen molar-refractivity contribution in [1.82, 2.24) is 5.32 Å². The molecule has 0 aliphatic rings. The van der Waals surface area contributed by atoms with Gasteiger partial charge in [-0.3, -0.25) is 0 Å². The molecule has 2 aromatic rings. The molecule has 2 nitrogen and oxygen atoms in total. The monoisotopic (exact) mass is 307 g/mol. The number of halogens is 2. The van der Waals surface area contributed by atoms with Crippen molar-refractivity contribution in [3.05, 3.63) is 58.4 Å². The first kappa shape index (κ1) is 15.8. The zero-order valence-corrected chi connectivity index (χ0v) is 13.0. The Labute approximate surface area is 129 Å². The molecule has 0 saturated carbocycles. The van der Waals surface area contributed by atoms with E-state index >= 15 is 0 Å². The Morgan fingerprint density at radius 2 is 2.00 bits per heavy atom. The molecule has 0 aromatic heterocycles. The average Bonchev–Trinajstić information content (AvgIpc) is 2.43. The summed E-state index contributed by atoms with van der Waals surface area (Å²) in [4.78, 5) is 0. The molecule has 2 aromatic carbocycles. The van der Waals surface area contributed by atoms with Crippen LogP contribution in [0, 0.1) is 12.7 Å². The van der Waals surface area contributed by atoms with Crippen molar-refractivity contribution in [3.63, 3.8) is 0 Å². The molecular weight excluding hydrogens is 289 g/mol. The predicted molar refractivity (Wildman–Crippen MR) is 84.7 cm³/mol. The SMILES string of the molecule is CCCNCc1cc(F)cc(Oc2cc(Cl)ccc2C)c1. The average molecular weight is 308 g/mol. The van der Waals surface area contributed by atoms with Gasteiger partial charge in [0.15, 0.2) is 0 Å². The molecule has 0 heterocycles. The van der Waals surface area contributed by atoms with E-state index in [1.54, 1.807) is 12.1 Å². The number of nitrogens with one attached hydrogen (secondary N) is 1. The van der Waals surface area contributed by atoms with Crippen LogP contribution in [0.5, 0.6) is 11.5 Å². The summed E-state index contributed by atoms with van der Waals surface area (Å²) in [7, 11) is 0. The fraction of sp³-hybridized carbons (Fsp3) is 0.294. The lowest BCUT2D eigenvalue weighted by molar-refractivity contribution is 0.471. The Kier molecular flexibility index (Phi) is 5.59. The van der Waals surface area contributed by atoms with Crippen LogP contribution in [0.2, 0.25) is 5.02 Å². The summed E-state index contributed by atoms with van der Waals surface area (Å²) in [5, 5.41) is 3.84. The maximum Gasteiger partial charge on any atom is 0.131 e. The number of ether oxygens (including phenoxy) is 1. The zero-order valence-electron chi connectivity index (χ0n) is 12.2. The van der Waals surface area contributed by atoms with E-state index in [-0.39, 0.29) is 5.82 Å². The van der Waals surface area contributed by atoms with Gasteiger partial charge in [0.25, 0.3) is 0 Å². The number of hydrogen-bond acceptors (Lipinski definition) is 2. The topological polar surface area (TPSA) is 21.3 Å². The van der Waals surface area contributed by atoms with Gasteiger partial charge in [-0.2, -0.15) is 0 Å². The number of hydrogen-bond donors (Lipinski definition) is 1. The second-order valence-electron chi connectivity index (χ2n) is 4.98. The number of rotatable bonds is 6. The minimum atomic E-state index is -0.305. The van der Waals surface area contributed by atoms with Gasteiger partial charge < -0.3 is 10.1 Å². The van der Waals surface area contributed by atoms with Crippen molar-refractivity contribution in [1.29, 1.82) is 0 Å². The Morgan fingerprint density at radius 3 is 2.76 bits per heavy atom. The van der Waals surface area contributed by atoms with Crippen LogP contribution in [0.3, 0.4) is 0 Å². The van der Waals surface area contributed by atoms with Crippen LogP contribution in [0.25, 0.3) is 0 Å². The van der Waals surface area contributed by atoms with Crippen LogP contribution in [-0.4, -0.2) is 6.54 Å². The van der Waals surface area contributed by atoms with Gasteiger partial charge in [0, 0.05) is 17.6 Å². The van der Waals surface area contributed by atoms with E-state index in [2.05, 4.69) is 12.2 Å². The minimum absolute atomic E-state index is 0.305. The fourth-order valence-electron chi connectivity index (χ4n) is 2.00. The molecule has 21 heavy (non-hydrogen) atoms. The molecule has 0 aliphatic heterocycles. The molecule has 1 N–H and O–H groups in total. The Balaban J connectivity index is 2.17. The van der Waals surface area contributed by atoms with Crippen LogP contribution in [0.15, 0.2) is 36.4 Å². The number of benzene rings is 2. The first-order chi connectivity index (χ1) is 10.1. The van der Waals surface area contributed by atoms with E-state index in [4.69, 9.17) is 16.3 Å². The quantitative estimate of drug-likeness (QED) is 0.751. The Morgan fingerprint density at radius 1 is 1.19 bits per heavy atom. The maximum absolute atomic E-state index is 13.7. The fourth-order valence-corrected chi connectivity index (χ4v) is 2.16. The van der Waals surface area contributed by atoms with Crippen molar-refractivity contribution in [2.75, 3.05) is 6.54 Å². The molecule has 2 rings (SSSR count). The van der Waals surface area contributed by atoms with Crippen molar-refractivity contribution in [3.8, 4) is 11.5 Å². The van der Waals surface area contributed by atoms with Crippen molar-refractivity contribution < 1.29 is 9.13 Å². The molecule has 0 amide bonds. The lowest BCUT2D eigenvalue weighted by atomic mass is 10.2. The summed E-state index contributed by atoms with van der Waals surface area (Å²) in [6.45, 7) is 5.54. The van der Waals surface area contributed by atoms with Crippen LogP contribution in [0.4, 0.5) is 4.39 Å². The van der Waals surface area contributed by atoms with Gasteiger partial charge in [-0.25, -0.2) is 4.39 Å². The van der Waals surface area contributed by atoms with Gasteiger partial charge in [0.1, 0.15) is 17.3 Å². The smallest absolute Gasteiger partial charge is 0.131 e. The molecule has 0 spiro atoms. The van der Waals surface area contributed by atoms with Crippen LogP contribution in [0.1, 0.15) is 24.5 Å². The lowest BCUT2D eigenvalue weighted by Gasteiger charge is -2.11. The summed E-state index contributed by atoms with van der Waals surface area (Å²) < 4.78 is 19.5. The highest BCUT2D eigenvalue weighted by Gasteiger charge is 2.06. The second kappa shape index (κ2) is 7.43. The van der Waals surface area contributed by atoms with Crippen LogP contribution in [-0.2, 0) is 6.54 Å². The standard InChI is InChI=1S/C17H19ClFNO/c1-3-6-20-11-13-7-15(19)10-16(8-13)21-17-9-14(18)5-4-12(17)2/h4-5,7-10,20H,3,6,11H2,1-2H3. The van der Waals surface area contributed by atoms with Crippen molar-refractivity contribution in [2.45, 2.75) is 26.8 Å². The second-order valence-corrected chi connectivity index (χ2v) is 5.42. The van der Waals surface area contributed by atoms with Gasteiger partial charge in [-0.1, -0.05) is 24.6 Å². The van der Waals surface area contributed by atoms with E-state index in [1.807, 2.05) is 19.1 Å². The molecule has 0 bridgehead atoms. The molecule has 4 heteroatoms. The van der Waals surface area contributed by atoms with E-state index in [9.17, 15) is 4.39 Å². The largest absolute Gasteiger partial charge is 0.457 e. The molecule has 0 aliphatic carbocycles. The molecule has 0 atom stereocenters. The van der Waals surface area contributed by atoms with Crippen LogP contribution >= 0.6 is 11.6 Å². The lowest BCUT2D eigenvalue weighted by Crippen LogP contribution is -2.13. The summed E-state index contributed by atoms with van der Waals surface area (Å²) in [5.41, 5.74) is 1.81. The third kappa shape index (κ3) is 4.73. The maximum atomic E-state index is 13.7. The van der Waals surface area contributed by atoms with Crippen LogP contribution < -0.4 is 10.1 Å². The first-order valence-electron chi connectivity index (χ1n) is 7.02. The van der Waals surface area contributed by atoms with E-state index in [0.29, 0.717) is 23.1 Å². The van der Waals surface area contributed by atoms with Gasteiger partial charge in [-0.15, -0.1) is 0 Å². The van der Waals surface area contributed by atoms with Gasteiger partial charge in [-0.05, 0) is 55.3 Å². The third-order valence-electron chi connectivity index (χ3n) is 3.06. The molecule has 0 saturated heterocycles. The Bertz CT molecular complexity index is 616. The summed E-state index contributed by atoms with van der Waals surface area (Å²) in [5.74, 6) is 0.815. The highest BCUT2D eigenvalue weighted by Crippen LogP contribution is 2.29. The zero-order chi connectivity index (χ0) is 15.2. The first-order valence-corrected chi connectivity index (χ1v) is 7.40. The third-order valence-corrected chi connectivity index (χ3v) is 3.30. The predicted octanol–water partition coefficient (Wildman–Crippen LogP) is 5.08.